The number of nitrogens with two attached hydrogens (primary N) is 1. The highest BCUT2D eigenvalue weighted by Gasteiger charge is 2.40. The second kappa shape index (κ2) is 5.63. The minimum Gasteiger partial charge on any atom is -0.376 e. The summed E-state index contributed by atoms with van der Waals surface area (Å²) in [6.07, 6.45) is -0.486. The summed E-state index contributed by atoms with van der Waals surface area (Å²) in [5.41, 5.74) is 5.57. The quantitative estimate of drug-likeness (QED) is 0.663. The minimum atomic E-state index is -0.163. The Morgan fingerprint density at radius 3 is 2.21 bits per heavy atom. The molecule has 1 rings (SSSR count). The SMILES string of the molecule is COC1COC(CN)C(OC)C1OC. The van der Waals surface area contributed by atoms with Crippen molar-refractivity contribution in [3.8, 4) is 0 Å². The van der Waals surface area contributed by atoms with Gasteiger partial charge in [0.05, 0.1) is 12.7 Å². The molecule has 4 unspecified atom stereocenters. The standard InChI is InChI=1S/C9H19NO4/c1-11-7-5-14-6(4-10)8(12-2)9(7)13-3/h6-9H,4-5,10H2,1-3H3. The van der Waals surface area contributed by atoms with Crippen LogP contribution in [0.5, 0.6) is 0 Å². The molecule has 0 aromatic carbocycles. The highest BCUT2D eigenvalue weighted by atomic mass is 16.6. The number of hydrogen-bond donors (Lipinski definition) is 1. The van der Waals surface area contributed by atoms with Crippen LogP contribution < -0.4 is 5.73 Å². The maximum atomic E-state index is 5.57. The van der Waals surface area contributed by atoms with Crippen molar-refractivity contribution in [2.45, 2.75) is 24.4 Å². The molecule has 0 spiro atoms. The van der Waals surface area contributed by atoms with Crippen molar-refractivity contribution >= 4 is 0 Å². The van der Waals surface area contributed by atoms with Crippen LogP contribution in [-0.2, 0) is 18.9 Å². The zero-order valence-corrected chi connectivity index (χ0v) is 8.93. The van der Waals surface area contributed by atoms with Crippen LogP contribution >= 0.6 is 0 Å². The van der Waals surface area contributed by atoms with E-state index in [1.165, 1.54) is 0 Å². The molecule has 0 bridgehead atoms. The van der Waals surface area contributed by atoms with E-state index in [2.05, 4.69) is 0 Å². The van der Waals surface area contributed by atoms with Crippen LogP contribution in [0.2, 0.25) is 0 Å². The lowest BCUT2D eigenvalue weighted by molar-refractivity contribution is -0.208. The van der Waals surface area contributed by atoms with Gasteiger partial charge in [0.25, 0.3) is 0 Å². The molecule has 1 aliphatic rings. The molecule has 2 N–H and O–H groups in total. The molecule has 5 nitrogen and oxygen atoms in total. The lowest BCUT2D eigenvalue weighted by Crippen LogP contribution is -2.57. The summed E-state index contributed by atoms with van der Waals surface area (Å²) in [5.74, 6) is 0. The first-order valence-corrected chi connectivity index (χ1v) is 4.68. The maximum absolute atomic E-state index is 5.57. The fraction of sp³-hybridized carbons (Fsp3) is 1.00. The van der Waals surface area contributed by atoms with Crippen molar-refractivity contribution in [2.24, 2.45) is 5.73 Å². The first kappa shape index (κ1) is 11.9. The van der Waals surface area contributed by atoms with E-state index < -0.39 is 0 Å². The molecule has 1 aliphatic heterocycles. The molecule has 1 fully saturated rings. The van der Waals surface area contributed by atoms with Gasteiger partial charge in [-0.25, -0.2) is 0 Å². The number of hydrogen-bond acceptors (Lipinski definition) is 5. The lowest BCUT2D eigenvalue weighted by atomic mass is 9.99. The Bertz CT molecular complexity index is 149. The van der Waals surface area contributed by atoms with Crippen LogP contribution in [0.15, 0.2) is 0 Å². The van der Waals surface area contributed by atoms with Gasteiger partial charge >= 0.3 is 0 Å². The number of rotatable bonds is 4. The summed E-state index contributed by atoms with van der Waals surface area (Å²) in [6, 6.07) is 0. The summed E-state index contributed by atoms with van der Waals surface area (Å²) >= 11 is 0. The zero-order valence-electron chi connectivity index (χ0n) is 8.93. The molecule has 0 aromatic rings. The van der Waals surface area contributed by atoms with Crippen molar-refractivity contribution in [3.63, 3.8) is 0 Å². The second-order valence-corrected chi connectivity index (χ2v) is 3.28. The summed E-state index contributed by atoms with van der Waals surface area (Å²) in [6.45, 7) is 0.922. The smallest absolute Gasteiger partial charge is 0.114 e. The van der Waals surface area contributed by atoms with E-state index in [1.54, 1.807) is 21.3 Å². The maximum Gasteiger partial charge on any atom is 0.114 e. The summed E-state index contributed by atoms with van der Waals surface area (Å²) in [5, 5.41) is 0. The average Bonchev–Trinajstić information content (AvgIpc) is 2.26. The van der Waals surface area contributed by atoms with Gasteiger partial charge in [0.1, 0.15) is 18.3 Å². The van der Waals surface area contributed by atoms with E-state index in [1.807, 2.05) is 0 Å². The topological polar surface area (TPSA) is 62.9 Å². The Kier molecular flexibility index (Phi) is 4.77. The summed E-state index contributed by atoms with van der Waals surface area (Å²) < 4.78 is 21.4. The van der Waals surface area contributed by atoms with Crippen molar-refractivity contribution in [1.82, 2.24) is 0 Å². The molecular formula is C9H19NO4. The number of methoxy groups -OCH3 is 3. The van der Waals surface area contributed by atoms with Gasteiger partial charge in [-0.3, -0.25) is 0 Å². The van der Waals surface area contributed by atoms with E-state index in [0.717, 1.165) is 0 Å². The molecule has 0 saturated carbocycles. The Morgan fingerprint density at radius 2 is 1.79 bits per heavy atom. The largest absolute Gasteiger partial charge is 0.376 e. The molecule has 14 heavy (non-hydrogen) atoms. The van der Waals surface area contributed by atoms with Gasteiger partial charge in [-0.2, -0.15) is 0 Å². The van der Waals surface area contributed by atoms with E-state index in [0.29, 0.717) is 13.2 Å². The highest BCUT2D eigenvalue weighted by Crippen LogP contribution is 2.21. The van der Waals surface area contributed by atoms with Crippen molar-refractivity contribution in [2.75, 3.05) is 34.5 Å². The van der Waals surface area contributed by atoms with Crippen molar-refractivity contribution in [3.05, 3.63) is 0 Å². The van der Waals surface area contributed by atoms with Crippen molar-refractivity contribution in [1.29, 1.82) is 0 Å². The van der Waals surface area contributed by atoms with Crippen LogP contribution in [0.1, 0.15) is 0 Å². The Balaban J connectivity index is 2.67. The van der Waals surface area contributed by atoms with Gasteiger partial charge in [0, 0.05) is 27.9 Å². The van der Waals surface area contributed by atoms with E-state index in [9.17, 15) is 0 Å². The zero-order chi connectivity index (χ0) is 10.6. The average molecular weight is 205 g/mol. The van der Waals surface area contributed by atoms with Gasteiger partial charge in [-0.15, -0.1) is 0 Å². The predicted octanol–water partition coefficient (Wildman–Crippen LogP) is -0.611. The minimum absolute atomic E-state index is 0.0900. The van der Waals surface area contributed by atoms with Gasteiger partial charge in [0.15, 0.2) is 0 Å². The van der Waals surface area contributed by atoms with Gasteiger partial charge < -0.3 is 24.7 Å². The third-order valence-corrected chi connectivity index (χ3v) is 2.61. The second-order valence-electron chi connectivity index (χ2n) is 3.28. The molecule has 1 heterocycles. The third kappa shape index (κ3) is 2.24. The van der Waals surface area contributed by atoms with E-state index in [-0.39, 0.29) is 24.4 Å². The molecule has 0 aliphatic carbocycles. The Labute approximate surface area is 84.4 Å². The molecule has 0 amide bonds. The third-order valence-electron chi connectivity index (χ3n) is 2.61. The van der Waals surface area contributed by atoms with Crippen LogP contribution in [0.4, 0.5) is 0 Å². The molecule has 1 saturated heterocycles. The van der Waals surface area contributed by atoms with Crippen LogP contribution in [0.25, 0.3) is 0 Å². The van der Waals surface area contributed by atoms with E-state index >= 15 is 0 Å². The Hall–Kier alpha value is -0.200. The molecule has 0 radical (unpaired) electrons. The molecular weight excluding hydrogens is 186 g/mol. The van der Waals surface area contributed by atoms with E-state index in [4.69, 9.17) is 24.7 Å². The van der Waals surface area contributed by atoms with Gasteiger partial charge in [-0.1, -0.05) is 0 Å². The Morgan fingerprint density at radius 1 is 1.14 bits per heavy atom. The van der Waals surface area contributed by atoms with Gasteiger partial charge in [0.2, 0.25) is 0 Å². The lowest BCUT2D eigenvalue weighted by Gasteiger charge is -2.40. The molecule has 84 valence electrons. The monoisotopic (exact) mass is 205 g/mol. The van der Waals surface area contributed by atoms with Crippen LogP contribution in [0.3, 0.4) is 0 Å². The highest BCUT2D eigenvalue weighted by molar-refractivity contribution is 4.90. The fourth-order valence-electron chi connectivity index (χ4n) is 1.81. The van der Waals surface area contributed by atoms with Crippen LogP contribution in [0, 0.1) is 0 Å². The molecule has 4 atom stereocenters. The summed E-state index contributed by atoms with van der Waals surface area (Å²) in [4.78, 5) is 0. The normalized spacial score (nSPS) is 38.6. The fourth-order valence-corrected chi connectivity index (χ4v) is 1.81. The number of ether oxygens (including phenoxy) is 4. The van der Waals surface area contributed by atoms with Crippen molar-refractivity contribution < 1.29 is 18.9 Å². The first-order valence-electron chi connectivity index (χ1n) is 4.68. The molecule has 0 aromatic heterocycles. The first-order chi connectivity index (χ1) is 6.78. The predicted molar refractivity (Wildman–Crippen MR) is 51.2 cm³/mol. The van der Waals surface area contributed by atoms with Gasteiger partial charge in [-0.05, 0) is 0 Å². The van der Waals surface area contributed by atoms with Crippen LogP contribution in [-0.4, -0.2) is 58.9 Å². The summed E-state index contributed by atoms with van der Waals surface area (Å²) in [7, 11) is 4.90. The molecule has 5 heteroatoms.